The quantitative estimate of drug-likeness (QED) is 0.437. The number of benzene rings is 3. The molecule has 5 rings (SSSR count). The van der Waals surface area contributed by atoms with Gasteiger partial charge < -0.3 is 5.32 Å². The standard InChI is InChI=1S/C27H25N3O3S/c1-18-8-9-21(17-25(18)26-24-7-4-3-6-20(24)12-13-28-26)29-27(31)23-11-10-22(16-19(23)2)30-14-5-15-34(30,32)33/h3-4,6-13,16-17H,5,14-15H2,1-2H3,(H,29,31). The number of nitrogens with one attached hydrogen (secondary N) is 1. The Bertz CT molecular complexity index is 1520. The van der Waals surface area contributed by atoms with Crippen molar-refractivity contribution >= 4 is 38.1 Å². The molecule has 0 spiro atoms. The van der Waals surface area contributed by atoms with Gasteiger partial charge in [-0.1, -0.05) is 30.3 Å². The number of sulfonamides is 1. The van der Waals surface area contributed by atoms with Crippen LogP contribution in [-0.2, 0) is 10.0 Å². The van der Waals surface area contributed by atoms with Gasteiger partial charge in [-0.25, -0.2) is 8.42 Å². The summed E-state index contributed by atoms with van der Waals surface area (Å²) in [5.41, 5.74) is 5.40. The number of amides is 1. The van der Waals surface area contributed by atoms with Gasteiger partial charge in [-0.05, 0) is 73.2 Å². The second-order valence-electron chi connectivity index (χ2n) is 8.61. The van der Waals surface area contributed by atoms with E-state index in [2.05, 4.69) is 16.4 Å². The van der Waals surface area contributed by atoms with Gasteiger partial charge in [0.2, 0.25) is 10.0 Å². The number of carbonyl (C=O) groups excluding carboxylic acids is 1. The third-order valence-electron chi connectivity index (χ3n) is 6.27. The van der Waals surface area contributed by atoms with Crippen LogP contribution in [-0.4, -0.2) is 31.6 Å². The van der Waals surface area contributed by atoms with Gasteiger partial charge in [-0.15, -0.1) is 0 Å². The minimum absolute atomic E-state index is 0.162. The first-order chi connectivity index (χ1) is 16.3. The van der Waals surface area contributed by atoms with Gasteiger partial charge in [0.1, 0.15) is 0 Å². The summed E-state index contributed by atoms with van der Waals surface area (Å²) in [6.07, 6.45) is 2.42. The number of rotatable bonds is 4. The Morgan fingerprint density at radius 1 is 0.971 bits per heavy atom. The van der Waals surface area contributed by atoms with E-state index >= 15 is 0 Å². The predicted octanol–water partition coefficient (Wildman–Crippen LogP) is 5.31. The van der Waals surface area contributed by atoms with Gasteiger partial charge in [0, 0.05) is 34.9 Å². The average Bonchev–Trinajstić information content (AvgIpc) is 3.18. The first kappa shape index (κ1) is 22.1. The molecule has 0 aliphatic carbocycles. The Labute approximate surface area is 199 Å². The maximum Gasteiger partial charge on any atom is 0.255 e. The van der Waals surface area contributed by atoms with Gasteiger partial charge in [0.25, 0.3) is 5.91 Å². The summed E-state index contributed by atoms with van der Waals surface area (Å²) in [5.74, 6) is -0.0794. The first-order valence-electron chi connectivity index (χ1n) is 11.2. The summed E-state index contributed by atoms with van der Waals surface area (Å²) >= 11 is 0. The molecule has 4 aromatic rings. The number of anilines is 2. The van der Waals surface area contributed by atoms with Crippen molar-refractivity contribution < 1.29 is 13.2 Å². The van der Waals surface area contributed by atoms with Crippen LogP contribution >= 0.6 is 0 Å². The molecule has 1 aromatic heterocycles. The van der Waals surface area contributed by atoms with Crippen LogP contribution in [0.2, 0.25) is 0 Å². The molecule has 1 saturated heterocycles. The molecule has 0 saturated carbocycles. The van der Waals surface area contributed by atoms with Gasteiger partial charge in [-0.3, -0.25) is 14.1 Å². The molecular weight excluding hydrogens is 446 g/mol. The molecular formula is C27H25N3O3S. The van der Waals surface area contributed by atoms with Crippen LogP contribution in [0, 0.1) is 13.8 Å². The third-order valence-corrected chi connectivity index (χ3v) is 8.14. The third kappa shape index (κ3) is 4.03. The molecule has 0 bridgehead atoms. The number of pyridine rings is 1. The van der Waals surface area contributed by atoms with Gasteiger partial charge in [-0.2, -0.15) is 0 Å². The number of hydrogen-bond acceptors (Lipinski definition) is 4. The Kier molecular flexibility index (Phi) is 5.57. The van der Waals surface area contributed by atoms with E-state index in [0.29, 0.717) is 29.9 Å². The number of aromatic nitrogens is 1. The van der Waals surface area contributed by atoms with Crippen LogP contribution < -0.4 is 9.62 Å². The van der Waals surface area contributed by atoms with Crippen LogP contribution in [0.25, 0.3) is 22.0 Å². The number of carbonyl (C=O) groups is 1. The summed E-state index contributed by atoms with van der Waals surface area (Å²) in [5, 5.41) is 5.16. The molecule has 3 aromatic carbocycles. The monoisotopic (exact) mass is 471 g/mol. The Morgan fingerprint density at radius 3 is 2.56 bits per heavy atom. The minimum Gasteiger partial charge on any atom is -0.322 e. The molecule has 1 aliphatic heterocycles. The fourth-order valence-electron chi connectivity index (χ4n) is 4.47. The van der Waals surface area contributed by atoms with Crippen molar-refractivity contribution in [3.05, 3.63) is 89.6 Å². The molecule has 2 heterocycles. The van der Waals surface area contributed by atoms with Crippen molar-refractivity contribution in [1.29, 1.82) is 0 Å². The number of nitrogens with zero attached hydrogens (tertiary/aromatic N) is 2. The normalized spacial score (nSPS) is 14.9. The highest BCUT2D eigenvalue weighted by Crippen LogP contribution is 2.31. The van der Waals surface area contributed by atoms with E-state index in [1.165, 1.54) is 4.31 Å². The SMILES string of the molecule is Cc1cc(N2CCCS2(=O)=O)ccc1C(=O)Nc1ccc(C)c(-c2nccc3ccccc23)c1. The van der Waals surface area contributed by atoms with Crippen LogP contribution in [0.1, 0.15) is 27.9 Å². The maximum absolute atomic E-state index is 13.1. The number of aryl methyl sites for hydroxylation is 2. The Hall–Kier alpha value is -3.71. The summed E-state index contributed by atoms with van der Waals surface area (Å²) < 4.78 is 25.9. The van der Waals surface area contributed by atoms with Crippen LogP contribution in [0.4, 0.5) is 11.4 Å². The molecule has 34 heavy (non-hydrogen) atoms. The highest BCUT2D eigenvalue weighted by Gasteiger charge is 2.28. The molecule has 0 unspecified atom stereocenters. The summed E-state index contributed by atoms with van der Waals surface area (Å²) in [6.45, 7) is 4.32. The van der Waals surface area contributed by atoms with E-state index in [9.17, 15) is 13.2 Å². The summed E-state index contributed by atoms with van der Waals surface area (Å²) in [7, 11) is -3.26. The Balaban J connectivity index is 1.44. The average molecular weight is 472 g/mol. The lowest BCUT2D eigenvalue weighted by Gasteiger charge is -2.18. The fourth-order valence-corrected chi connectivity index (χ4v) is 6.03. The van der Waals surface area contributed by atoms with Crippen molar-refractivity contribution in [2.24, 2.45) is 0 Å². The lowest BCUT2D eigenvalue weighted by Crippen LogP contribution is -2.25. The van der Waals surface area contributed by atoms with Crippen LogP contribution in [0.3, 0.4) is 0 Å². The zero-order valence-electron chi connectivity index (χ0n) is 19.1. The van der Waals surface area contributed by atoms with E-state index in [4.69, 9.17) is 0 Å². The molecule has 1 amide bonds. The number of fused-ring (bicyclic) bond motifs is 1. The second kappa shape index (κ2) is 8.57. The molecule has 1 fully saturated rings. The van der Waals surface area contributed by atoms with Crippen molar-refractivity contribution in [3.63, 3.8) is 0 Å². The molecule has 172 valence electrons. The molecule has 7 heteroatoms. The highest BCUT2D eigenvalue weighted by atomic mass is 32.2. The zero-order chi connectivity index (χ0) is 23.9. The zero-order valence-corrected chi connectivity index (χ0v) is 19.9. The lowest BCUT2D eigenvalue weighted by molar-refractivity contribution is 0.102. The van der Waals surface area contributed by atoms with Crippen molar-refractivity contribution in [2.75, 3.05) is 21.9 Å². The van der Waals surface area contributed by atoms with Gasteiger partial charge in [0.05, 0.1) is 17.1 Å². The van der Waals surface area contributed by atoms with E-state index in [1.807, 2.05) is 56.3 Å². The second-order valence-corrected chi connectivity index (χ2v) is 10.6. The molecule has 0 atom stereocenters. The summed E-state index contributed by atoms with van der Waals surface area (Å²) in [6, 6.07) is 21.0. The molecule has 1 N–H and O–H groups in total. The van der Waals surface area contributed by atoms with E-state index in [1.54, 1.807) is 24.4 Å². The summed E-state index contributed by atoms with van der Waals surface area (Å²) in [4.78, 5) is 17.7. The fraction of sp³-hybridized carbons (Fsp3) is 0.185. The smallest absolute Gasteiger partial charge is 0.255 e. The maximum atomic E-state index is 13.1. The van der Waals surface area contributed by atoms with E-state index < -0.39 is 10.0 Å². The molecule has 1 aliphatic rings. The first-order valence-corrected chi connectivity index (χ1v) is 12.8. The predicted molar refractivity (Wildman–Crippen MR) is 137 cm³/mol. The minimum atomic E-state index is -3.26. The van der Waals surface area contributed by atoms with Crippen LogP contribution in [0.5, 0.6) is 0 Å². The van der Waals surface area contributed by atoms with Crippen LogP contribution in [0.15, 0.2) is 72.9 Å². The largest absolute Gasteiger partial charge is 0.322 e. The highest BCUT2D eigenvalue weighted by molar-refractivity contribution is 7.93. The molecule has 0 radical (unpaired) electrons. The van der Waals surface area contributed by atoms with E-state index in [-0.39, 0.29) is 11.7 Å². The van der Waals surface area contributed by atoms with Gasteiger partial charge >= 0.3 is 0 Å². The lowest BCUT2D eigenvalue weighted by atomic mass is 9.99. The molecule has 6 nitrogen and oxygen atoms in total. The van der Waals surface area contributed by atoms with Crippen molar-refractivity contribution in [2.45, 2.75) is 20.3 Å². The van der Waals surface area contributed by atoms with E-state index in [0.717, 1.165) is 33.2 Å². The Morgan fingerprint density at radius 2 is 1.79 bits per heavy atom. The van der Waals surface area contributed by atoms with Crippen molar-refractivity contribution in [3.8, 4) is 11.3 Å². The topological polar surface area (TPSA) is 79.4 Å². The van der Waals surface area contributed by atoms with Crippen molar-refractivity contribution in [1.82, 2.24) is 4.98 Å². The van der Waals surface area contributed by atoms with Gasteiger partial charge in [0.15, 0.2) is 0 Å². The number of hydrogen-bond donors (Lipinski definition) is 1.